The summed E-state index contributed by atoms with van der Waals surface area (Å²) in [5.41, 5.74) is 0. The van der Waals surface area contributed by atoms with Crippen LogP contribution < -0.4 is 0 Å². The predicted octanol–water partition coefficient (Wildman–Crippen LogP) is 1.68. The Bertz CT molecular complexity index is 47.7. The zero-order chi connectivity index (χ0) is 6.41. The van der Waals surface area contributed by atoms with Gasteiger partial charge in [-0.25, -0.2) is 8.78 Å². The average Bonchev–Trinajstić information content (AvgIpc) is 1.66. The maximum Gasteiger partial charge on any atom is 0.261 e. The van der Waals surface area contributed by atoms with Gasteiger partial charge in [-0.15, -0.1) is 0 Å². The molecule has 50 valence electrons. The van der Waals surface area contributed by atoms with Crippen LogP contribution >= 0.6 is 0 Å². The highest BCUT2D eigenvalue weighted by Crippen LogP contribution is 1.92. The van der Waals surface area contributed by atoms with Crippen LogP contribution in [-0.4, -0.2) is 19.6 Å². The average molecular weight is 124 g/mol. The summed E-state index contributed by atoms with van der Waals surface area (Å²) >= 11 is 0. The molecule has 0 bridgehead atoms. The summed E-state index contributed by atoms with van der Waals surface area (Å²) in [5.74, 6) is 0. The minimum absolute atomic E-state index is 0.423. The van der Waals surface area contributed by atoms with Crippen LogP contribution in [0.25, 0.3) is 0 Å². The zero-order valence-electron chi connectivity index (χ0n) is 4.86. The quantitative estimate of drug-likeness (QED) is 0.518. The number of alkyl halides is 2. The van der Waals surface area contributed by atoms with E-state index in [1.165, 1.54) is 0 Å². The molecular weight excluding hydrogens is 114 g/mol. The molecule has 0 heterocycles. The maximum absolute atomic E-state index is 11.2. The van der Waals surface area contributed by atoms with Crippen molar-refractivity contribution in [1.29, 1.82) is 0 Å². The van der Waals surface area contributed by atoms with Crippen LogP contribution in [0.15, 0.2) is 0 Å². The van der Waals surface area contributed by atoms with Gasteiger partial charge >= 0.3 is 0 Å². The molecule has 8 heavy (non-hydrogen) atoms. The number of rotatable bonds is 4. The first-order valence-corrected chi connectivity index (χ1v) is 2.63. The van der Waals surface area contributed by atoms with E-state index in [1.54, 1.807) is 0 Å². The van der Waals surface area contributed by atoms with Crippen molar-refractivity contribution in [3.63, 3.8) is 0 Å². The van der Waals surface area contributed by atoms with Gasteiger partial charge in [-0.2, -0.15) is 0 Å². The van der Waals surface area contributed by atoms with Gasteiger partial charge in [0, 0.05) is 6.61 Å². The lowest BCUT2D eigenvalue weighted by molar-refractivity contribution is 0.0178. The summed E-state index contributed by atoms with van der Waals surface area (Å²) in [6.45, 7) is 1.89. The molecule has 0 aliphatic rings. The number of halogens is 2. The first-order valence-electron chi connectivity index (χ1n) is 2.63. The third-order valence-corrected chi connectivity index (χ3v) is 0.592. The van der Waals surface area contributed by atoms with Crippen molar-refractivity contribution in [3.05, 3.63) is 0 Å². The van der Waals surface area contributed by atoms with Crippen LogP contribution in [0.4, 0.5) is 8.78 Å². The molecular formula is C5H10F2O. The maximum atomic E-state index is 11.2. The van der Waals surface area contributed by atoms with Gasteiger partial charge in [-0.05, 0) is 6.42 Å². The fourth-order valence-electron chi connectivity index (χ4n) is 0.317. The highest BCUT2D eigenvalue weighted by molar-refractivity contribution is 4.32. The Balaban J connectivity index is 2.72. The predicted molar refractivity (Wildman–Crippen MR) is 27.1 cm³/mol. The normalized spacial score (nSPS) is 10.5. The smallest absolute Gasteiger partial charge is 0.261 e. The summed E-state index contributed by atoms with van der Waals surface area (Å²) in [5, 5.41) is 0. The van der Waals surface area contributed by atoms with Crippen molar-refractivity contribution in [3.8, 4) is 0 Å². The first kappa shape index (κ1) is 7.82. The third-order valence-electron chi connectivity index (χ3n) is 0.592. The number of hydrogen-bond acceptors (Lipinski definition) is 1. The largest absolute Gasteiger partial charge is 0.376 e. The minimum atomic E-state index is -2.32. The Hall–Kier alpha value is -0.180. The molecule has 0 rings (SSSR count). The molecule has 0 aromatic heterocycles. The Morgan fingerprint density at radius 1 is 1.50 bits per heavy atom. The summed E-state index contributed by atoms with van der Waals surface area (Å²) < 4.78 is 27.0. The monoisotopic (exact) mass is 124 g/mol. The molecule has 3 heteroatoms. The summed E-state index contributed by atoms with van der Waals surface area (Å²) in [4.78, 5) is 0. The van der Waals surface area contributed by atoms with Gasteiger partial charge in [0.2, 0.25) is 0 Å². The lowest BCUT2D eigenvalue weighted by Gasteiger charge is -1.98. The van der Waals surface area contributed by atoms with E-state index in [9.17, 15) is 8.78 Å². The van der Waals surface area contributed by atoms with E-state index < -0.39 is 13.0 Å². The van der Waals surface area contributed by atoms with Gasteiger partial charge < -0.3 is 4.74 Å². The van der Waals surface area contributed by atoms with Crippen LogP contribution in [0.3, 0.4) is 0 Å². The van der Waals surface area contributed by atoms with Crippen LogP contribution in [0.2, 0.25) is 0 Å². The third kappa shape index (κ3) is 5.82. The molecule has 0 aromatic rings. The topological polar surface area (TPSA) is 9.23 Å². The molecule has 0 atom stereocenters. The Morgan fingerprint density at radius 2 is 2.12 bits per heavy atom. The van der Waals surface area contributed by atoms with Crippen LogP contribution in [0.5, 0.6) is 0 Å². The molecule has 1 nitrogen and oxygen atoms in total. The van der Waals surface area contributed by atoms with Gasteiger partial charge in [0.05, 0.1) is 0 Å². The fraction of sp³-hybridized carbons (Fsp3) is 1.00. The van der Waals surface area contributed by atoms with Crippen LogP contribution in [-0.2, 0) is 4.74 Å². The van der Waals surface area contributed by atoms with E-state index in [1.807, 2.05) is 6.92 Å². The Kier molecular flexibility index (Phi) is 4.85. The summed E-state index contributed by atoms with van der Waals surface area (Å²) in [6.07, 6.45) is -1.52. The van der Waals surface area contributed by atoms with E-state index in [4.69, 9.17) is 0 Å². The van der Waals surface area contributed by atoms with Gasteiger partial charge in [-0.1, -0.05) is 6.92 Å². The summed E-state index contributed by atoms with van der Waals surface area (Å²) in [6, 6.07) is 0. The van der Waals surface area contributed by atoms with Gasteiger partial charge in [0.15, 0.2) is 0 Å². The SMILES string of the molecule is CCCOCC(F)F. The fourth-order valence-corrected chi connectivity index (χ4v) is 0.317. The Labute approximate surface area is 47.6 Å². The van der Waals surface area contributed by atoms with Gasteiger partial charge in [-0.3, -0.25) is 0 Å². The molecule has 0 aliphatic carbocycles. The minimum Gasteiger partial charge on any atom is -0.376 e. The molecule has 0 saturated carbocycles. The lowest BCUT2D eigenvalue weighted by atomic mass is 10.5. The molecule has 0 amide bonds. The standard InChI is InChI=1S/C5H10F2O/c1-2-3-8-4-5(6)7/h5H,2-4H2,1H3. The highest BCUT2D eigenvalue weighted by atomic mass is 19.3. The van der Waals surface area contributed by atoms with Gasteiger partial charge in [0.1, 0.15) is 6.61 Å². The van der Waals surface area contributed by atoms with Crippen molar-refractivity contribution in [1.82, 2.24) is 0 Å². The zero-order valence-corrected chi connectivity index (χ0v) is 4.86. The van der Waals surface area contributed by atoms with Crippen LogP contribution in [0, 0.1) is 0 Å². The molecule has 0 spiro atoms. The second-order valence-electron chi connectivity index (χ2n) is 1.47. The van der Waals surface area contributed by atoms with Crippen molar-refractivity contribution in [2.75, 3.05) is 13.2 Å². The second-order valence-corrected chi connectivity index (χ2v) is 1.47. The van der Waals surface area contributed by atoms with Crippen LogP contribution in [0.1, 0.15) is 13.3 Å². The van der Waals surface area contributed by atoms with Crippen molar-refractivity contribution < 1.29 is 13.5 Å². The second kappa shape index (κ2) is 4.97. The van der Waals surface area contributed by atoms with E-state index in [-0.39, 0.29) is 0 Å². The van der Waals surface area contributed by atoms with Gasteiger partial charge in [0.25, 0.3) is 6.43 Å². The Morgan fingerprint density at radius 3 is 2.50 bits per heavy atom. The highest BCUT2D eigenvalue weighted by Gasteiger charge is 1.98. The molecule has 0 unspecified atom stereocenters. The van der Waals surface area contributed by atoms with E-state index in [0.717, 1.165) is 6.42 Å². The molecule has 0 radical (unpaired) electrons. The van der Waals surface area contributed by atoms with Crippen molar-refractivity contribution in [2.45, 2.75) is 19.8 Å². The summed E-state index contributed by atoms with van der Waals surface area (Å²) in [7, 11) is 0. The number of ether oxygens (including phenoxy) is 1. The molecule has 0 N–H and O–H groups in total. The van der Waals surface area contributed by atoms with E-state index in [0.29, 0.717) is 6.61 Å². The molecule has 0 aromatic carbocycles. The van der Waals surface area contributed by atoms with Crippen molar-refractivity contribution in [2.24, 2.45) is 0 Å². The molecule has 0 saturated heterocycles. The number of hydrogen-bond donors (Lipinski definition) is 0. The molecule has 0 fully saturated rings. The van der Waals surface area contributed by atoms with Crippen molar-refractivity contribution >= 4 is 0 Å². The van der Waals surface area contributed by atoms with E-state index in [2.05, 4.69) is 4.74 Å². The first-order chi connectivity index (χ1) is 3.77. The van der Waals surface area contributed by atoms with E-state index >= 15 is 0 Å². The lowest BCUT2D eigenvalue weighted by Crippen LogP contribution is -2.04. The molecule has 0 aliphatic heterocycles.